The molecule has 106 valence electrons. The highest BCUT2D eigenvalue weighted by atomic mass is 15.5. The molecule has 0 bridgehead atoms. The van der Waals surface area contributed by atoms with Crippen LogP contribution in [-0.4, -0.2) is 33.3 Å². The first-order chi connectivity index (χ1) is 9.69. The lowest BCUT2D eigenvalue weighted by Crippen LogP contribution is -2.55. The van der Waals surface area contributed by atoms with Gasteiger partial charge in [0.05, 0.1) is 5.69 Å². The third-order valence-electron chi connectivity index (χ3n) is 5.06. The van der Waals surface area contributed by atoms with E-state index in [-0.39, 0.29) is 0 Å². The summed E-state index contributed by atoms with van der Waals surface area (Å²) in [6.45, 7) is 4.66. The second kappa shape index (κ2) is 4.98. The van der Waals surface area contributed by atoms with Gasteiger partial charge in [0.1, 0.15) is 6.33 Å². The largest absolute Gasteiger partial charge is 0.316 e. The summed E-state index contributed by atoms with van der Waals surface area (Å²) in [6, 6.07) is 9.17. The number of aromatic nitrogens is 4. The molecular formula is C15H21N5. The second-order valence-electron chi connectivity index (χ2n) is 5.84. The first-order valence-electron chi connectivity index (χ1n) is 7.19. The van der Waals surface area contributed by atoms with E-state index in [9.17, 15) is 0 Å². The van der Waals surface area contributed by atoms with E-state index in [2.05, 4.69) is 59.9 Å². The average Bonchev–Trinajstić information content (AvgIpc) is 3.00. The van der Waals surface area contributed by atoms with Crippen molar-refractivity contribution in [3.8, 4) is 5.69 Å². The van der Waals surface area contributed by atoms with Gasteiger partial charge < -0.3 is 5.32 Å². The molecule has 0 spiro atoms. The molecule has 1 aliphatic carbocycles. The van der Waals surface area contributed by atoms with Crippen LogP contribution in [0.4, 0.5) is 0 Å². The molecule has 3 rings (SSSR count). The van der Waals surface area contributed by atoms with Gasteiger partial charge in [-0.05, 0) is 59.3 Å². The zero-order valence-electron chi connectivity index (χ0n) is 12.2. The van der Waals surface area contributed by atoms with Crippen molar-refractivity contribution in [2.24, 2.45) is 5.41 Å². The van der Waals surface area contributed by atoms with E-state index < -0.39 is 0 Å². The van der Waals surface area contributed by atoms with E-state index in [1.807, 2.05) is 6.07 Å². The Morgan fingerprint density at radius 1 is 1.45 bits per heavy atom. The number of tetrazole rings is 1. The van der Waals surface area contributed by atoms with Gasteiger partial charge in [-0.1, -0.05) is 26.0 Å². The van der Waals surface area contributed by atoms with E-state index in [4.69, 9.17) is 0 Å². The maximum Gasteiger partial charge on any atom is 0.143 e. The molecule has 0 saturated heterocycles. The van der Waals surface area contributed by atoms with Gasteiger partial charge in [0.2, 0.25) is 0 Å². The predicted molar refractivity (Wildman–Crippen MR) is 77.8 cm³/mol. The Morgan fingerprint density at radius 3 is 2.95 bits per heavy atom. The van der Waals surface area contributed by atoms with E-state index in [0.717, 1.165) is 5.69 Å². The van der Waals surface area contributed by atoms with Gasteiger partial charge in [0.25, 0.3) is 0 Å². The minimum Gasteiger partial charge on any atom is -0.316 e. The summed E-state index contributed by atoms with van der Waals surface area (Å²) in [5.41, 5.74) is 2.74. The number of hydrogen-bond acceptors (Lipinski definition) is 4. The van der Waals surface area contributed by atoms with Crippen molar-refractivity contribution in [3.63, 3.8) is 0 Å². The molecule has 1 aliphatic rings. The van der Waals surface area contributed by atoms with Crippen LogP contribution >= 0.6 is 0 Å². The van der Waals surface area contributed by atoms with Gasteiger partial charge in [-0.2, -0.15) is 0 Å². The standard InChI is InChI=1S/C15H21N5/c1-4-15(2)13(9-14(15)16-3)11-6-5-7-12(8-11)20-10-17-18-19-20/h5-8,10,13-14,16H,4,9H2,1-3H3. The van der Waals surface area contributed by atoms with Crippen LogP contribution in [0.15, 0.2) is 30.6 Å². The highest BCUT2D eigenvalue weighted by Crippen LogP contribution is 2.54. The zero-order chi connectivity index (χ0) is 14.2. The lowest BCUT2D eigenvalue weighted by atomic mass is 9.54. The Bertz CT molecular complexity index is 580. The summed E-state index contributed by atoms with van der Waals surface area (Å²) in [5, 5.41) is 14.8. The maximum atomic E-state index is 3.96. The molecule has 0 aliphatic heterocycles. The second-order valence-corrected chi connectivity index (χ2v) is 5.84. The predicted octanol–water partition coefficient (Wildman–Crippen LogP) is 2.15. The van der Waals surface area contributed by atoms with Crippen LogP contribution in [0.3, 0.4) is 0 Å². The van der Waals surface area contributed by atoms with Crippen LogP contribution in [0.25, 0.3) is 5.69 Å². The molecule has 3 atom stereocenters. The molecule has 1 fully saturated rings. The molecule has 20 heavy (non-hydrogen) atoms. The molecule has 5 nitrogen and oxygen atoms in total. The van der Waals surface area contributed by atoms with E-state index in [1.165, 1.54) is 18.4 Å². The van der Waals surface area contributed by atoms with E-state index in [1.54, 1.807) is 11.0 Å². The highest BCUT2D eigenvalue weighted by molar-refractivity contribution is 5.38. The normalized spacial score (nSPS) is 29.1. The summed E-state index contributed by atoms with van der Waals surface area (Å²) in [6.07, 6.45) is 4.01. The van der Waals surface area contributed by atoms with Crippen molar-refractivity contribution >= 4 is 0 Å². The SMILES string of the molecule is CCC1(C)C(NC)CC1c1cccc(-n2cnnn2)c1. The van der Waals surface area contributed by atoms with Gasteiger partial charge in [0.15, 0.2) is 0 Å². The molecule has 1 N–H and O–H groups in total. The van der Waals surface area contributed by atoms with Crippen LogP contribution in [-0.2, 0) is 0 Å². The van der Waals surface area contributed by atoms with Gasteiger partial charge in [-0.25, -0.2) is 4.68 Å². The quantitative estimate of drug-likeness (QED) is 0.925. The molecule has 1 saturated carbocycles. The molecular weight excluding hydrogens is 250 g/mol. The number of nitrogens with zero attached hydrogens (tertiary/aromatic N) is 4. The van der Waals surface area contributed by atoms with Gasteiger partial charge >= 0.3 is 0 Å². The summed E-state index contributed by atoms with van der Waals surface area (Å²) in [5.74, 6) is 0.599. The van der Waals surface area contributed by atoms with Crippen molar-refractivity contribution in [1.82, 2.24) is 25.5 Å². The monoisotopic (exact) mass is 271 g/mol. The third kappa shape index (κ3) is 1.93. The molecule has 0 amide bonds. The lowest BCUT2D eigenvalue weighted by Gasteiger charge is -2.54. The number of nitrogens with one attached hydrogen (secondary N) is 1. The third-order valence-corrected chi connectivity index (χ3v) is 5.06. The van der Waals surface area contributed by atoms with Crippen LogP contribution < -0.4 is 5.32 Å². The number of hydrogen-bond donors (Lipinski definition) is 1. The fraction of sp³-hybridized carbons (Fsp3) is 0.533. The van der Waals surface area contributed by atoms with Gasteiger partial charge in [-0.3, -0.25) is 0 Å². The van der Waals surface area contributed by atoms with E-state index >= 15 is 0 Å². The maximum absolute atomic E-state index is 3.96. The van der Waals surface area contributed by atoms with Crippen LogP contribution in [0.1, 0.15) is 38.2 Å². The Hall–Kier alpha value is -1.75. The van der Waals surface area contributed by atoms with Crippen LogP contribution in [0.5, 0.6) is 0 Å². The fourth-order valence-corrected chi connectivity index (χ4v) is 3.48. The number of rotatable bonds is 4. The van der Waals surface area contributed by atoms with Crippen molar-refractivity contribution < 1.29 is 0 Å². The average molecular weight is 271 g/mol. The number of benzene rings is 1. The van der Waals surface area contributed by atoms with Crippen molar-refractivity contribution in [2.75, 3.05) is 7.05 Å². The first kappa shape index (κ1) is 13.2. The van der Waals surface area contributed by atoms with Gasteiger partial charge in [-0.15, -0.1) is 5.10 Å². The first-order valence-corrected chi connectivity index (χ1v) is 7.19. The summed E-state index contributed by atoms with van der Waals surface area (Å²) >= 11 is 0. The lowest BCUT2D eigenvalue weighted by molar-refractivity contribution is 0.0495. The Kier molecular flexibility index (Phi) is 3.30. The summed E-state index contributed by atoms with van der Waals surface area (Å²) in [7, 11) is 2.06. The molecule has 1 aromatic carbocycles. The van der Waals surface area contributed by atoms with E-state index in [0.29, 0.717) is 17.4 Å². The summed E-state index contributed by atoms with van der Waals surface area (Å²) in [4.78, 5) is 0. The molecule has 1 aromatic heterocycles. The molecule has 0 radical (unpaired) electrons. The topological polar surface area (TPSA) is 55.6 Å². The molecule has 5 heteroatoms. The van der Waals surface area contributed by atoms with Crippen molar-refractivity contribution in [1.29, 1.82) is 0 Å². The molecule has 1 heterocycles. The smallest absolute Gasteiger partial charge is 0.143 e. The van der Waals surface area contributed by atoms with Crippen LogP contribution in [0, 0.1) is 5.41 Å². The van der Waals surface area contributed by atoms with Gasteiger partial charge in [0, 0.05) is 6.04 Å². The molecule has 2 aromatic rings. The minimum absolute atomic E-state index is 0.327. The Labute approximate surface area is 119 Å². The summed E-state index contributed by atoms with van der Waals surface area (Å²) < 4.78 is 1.71. The Balaban J connectivity index is 1.90. The van der Waals surface area contributed by atoms with Crippen molar-refractivity contribution in [2.45, 2.75) is 38.6 Å². The fourth-order valence-electron chi connectivity index (χ4n) is 3.48. The molecule has 3 unspecified atom stereocenters. The Morgan fingerprint density at radius 2 is 2.30 bits per heavy atom. The highest BCUT2D eigenvalue weighted by Gasteiger charge is 2.49. The van der Waals surface area contributed by atoms with Crippen molar-refractivity contribution in [3.05, 3.63) is 36.2 Å². The van der Waals surface area contributed by atoms with Crippen LogP contribution in [0.2, 0.25) is 0 Å². The minimum atomic E-state index is 0.327. The zero-order valence-corrected chi connectivity index (χ0v) is 12.2.